The van der Waals surface area contributed by atoms with Gasteiger partial charge < -0.3 is 4.57 Å². The first-order chi connectivity index (χ1) is 7.08. The summed E-state index contributed by atoms with van der Waals surface area (Å²) in [6.07, 6.45) is 1.04. The molecule has 3 heteroatoms. The summed E-state index contributed by atoms with van der Waals surface area (Å²) in [5, 5.41) is 9.68. The van der Waals surface area contributed by atoms with Crippen LogP contribution in [0.5, 0.6) is 0 Å². The Balaban J connectivity index is 3.44. The minimum absolute atomic E-state index is 0.401. The molecule has 0 aromatic carbocycles. The van der Waals surface area contributed by atoms with E-state index in [1.165, 1.54) is 0 Å². The average molecular weight is 225 g/mol. The molecule has 1 unspecified atom stereocenters. The maximum Gasteiger partial charge on any atom is 0.103 e. The molecule has 0 aliphatic heterocycles. The second kappa shape index (κ2) is 4.72. The number of rotatable bonds is 3. The second-order valence-electron chi connectivity index (χ2n) is 3.82. The molecule has 0 amide bonds. The first-order valence-electron chi connectivity index (χ1n) is 5.36. The van der Waals surface area contributed by atoms with E-state index in [1.807, 2.05) is 6.92 Å². The van der Waals surface area contributed by atoms with Crippen molar-refractivity contribution in [3.05, 3.63) is 22.0 Å². The monoisotopic (exact) mass is 224 g/mol. The van der Waals surface area contributed by atoms with E-state index in [0.717, 1.165) is 24.4 Å². The maximum atomic E-state index is 9.04. The van der Waals surface area contributed by atoms with Gasteiger partial charge in [-0.2, -0.15) is 5.26 Å². The van der Waals surface area contributed by atoms with Gasteiger partial charge >= 0.3 is 0 Å². The number of aromatic nitrogens is 1. The molecular formula is C12H17ClN2. The van der Waals surface area contributed by atoms with Crippen LogP contribution in [0, 0.1) is 18.3 Å². The Morgan fingerprint density at radius 2 is 2.07 bits per heavy atom. The molecule has 0 spiro atoms. The van der Waals surface area contributed by atoms with Crippen LogP contribution in [-0.2, 0) is 6.54 Å². The van der Waals surface area contributed by atoms with Gasteiger partial charge in [-0.1, -0.05) is 25.4 Å². The van der Waals surface area contributed by atoms with Crippen LogP contribution in [0.1, 0.15) is 50.1 Å². The lowest BCUT2D eigenvalue weighted by Crippen LogP contribution is -2.05. The number of halogens is 1. The van der Waals surface area contributed by atoms with Gasteiger partial charge in [0, 0.05) is 17.9 Å². The van der Waals surface area contributed by atoms with Crippen LogP contribution in [0.15, 0.2) is 0 Å². The summed E-state index contributed by atoms with van der Waals surface area (Å²) < 4.78 is 2.15. The summed E-state index contributed by atoms with van der Waals surface area (Å²) in [6, 6.07) is 2.18. The van der Waals surface area contributed by atoms with Crippen molar-refractivity contribution in [1.29, 1.82) is 5.26 Å². The van der Waals surface area contributed by atoms with E-state index < -0.39 is 0 Å². The van der Waals surface area contributed by atoms with Gasteiger partial charge in [-0.25, -0.2) is 0 Å². The quantitative estimate of drug-likeness (QED) is 0.767. The lowest BCUT2D eigenvalue weighted by molar-refractivity contribution is 0.618. The molecule has 1 heterocycles. The van der Waals surface area contributed by atoms with Crippen LogP contribution in [-0.4, -0.2) is 4.57 Å². The van der Waals surface area contributed by atoms with E-state index in [4.69, 9.17) is 16.9 Å². The molecule has 1 atom stereocenters. The van der Waals surface area contributed by atoms with Gasteiger partial charge in [-0.05, 0) is 26.2 Å². The summed E-state index contributed by atoms with van der Waals surface area (Å²) in [5.41, 5.74) is 2.73. The zero-order chi connectivity index (χ0) is 11.6. The van der Waals surface area contributed by atoms with Crippen LogP contribution in [0.4, 0.5) is 0 Å². The molecule has 0 saturated carbocycles. The Morgan fingerprint density at radius 3 is 2.47 bits per heavy atom. The number of nitriles is 1. The van der Waals surface area contributed by atoms with E-state index >= 15 is 0 Å². The van der Waals surface area contributed by atoms with E-state index in [2.05, 4.69) is 31.4 Å². The first kappa shape index (κ1) is 12.1. The smallest absolute Gasteiger partial charge is 0.103 e. The van der Waals surface area contributed by atoms with Gasteiger partial charge in [0.05, 0.1) is 10.6 Å². The van der Waals surface area contributed by atoms with E-state index in [-0.39, 0.29) is 0 Å². The standard InChI is InChI=1S/C12H17ClN2/c1-5-8(3)12-11(13)10(7-14)9(4)15(12)6-2/h8H,5-6H2,1-4H3. The maximum absolute atomic E-state index is 9.04. The van der Waals surface area contributed by atoms with Gasteiger partial charge in [0.15, 0.2) is 0 Å². The van der Waals surface area contributed by atoms with Gasteiger partial charge in [-0.15, -0.1) is 0 Å². The highest BCUT2D eigenvalue weighted by atomic mass is 35.5. The Kier molecular flexibility index (Phi) is 3.82. The molecule has 0 saturated heterocycles. The summed E-state index contributed by atoms with van der Waals surface area (Å²) in [4.78, 5) is 0. The Hall–Kier alpha value is -0.940. The third-order valence-corrected chi connectivity index (χ3v) is 3.39. The molecule has 0 N–H and O–H groups in total. The van der Waals surface area contributed by atoms with Crippen molar-refractivity contribution in [2.24, 2.45) is 0 Å². The molecule has 0 fully saturated rings. The molecule has 1 aromatic rings. The number of hydrogen-bond donors (Lipinski definition) is 0. The van der Waals surface area contributed by atoms with Crippen LogP contribution in [0.3, 0.4) is 0 Å². The molecule has 0 aliphatic rings. The van der Waals surface area contributed by atoms with Crippen molar-refractivity contribution in [2.45, 2.75) is 46.6 Å². The van der Waals surface area contributed by atoms with Gasteiger partial charge in [0.2, 0.25) is 0 Å². The molecule has 1 rings (SSSR count). The predicted octanol–water partition coefficient (Wildman–Crippen LogP) is 3.86. The minimum atomic E-state index is 0.401. The van der Waals surface area contributed by atoms with Crippen molar-refractivity contribution >= 4 is 11.6 Å². The highest BCUT2D eigenvalue weighted by Gasteiger charge is 2.21. The van der Waals surface area contributed by atoms with Crippen LogP contribution in [0.2, 0.25) is 5.02 Å². The van der Waals surface area contributed by atoms with Crippen molar-refractivity contribution in [2.75, 3.05) is 0 Å². The Morgan fingerprint density at radius 1 is 1.47 bits per heavy atom. The van der Waals surface area contributed by atoms with Gasteiger partial charge in [0.25, 0.3) is 0 Å². The highest BCUT2D eigenvalue weighted by Crippen LogP contribution is 2.33. The van der Waals surface area contributed by atoms with Crippen LogP contribution < -0.4 is 0 Å². The van der Waals surface area contributed by atoms with E-state index in [9.17, 15) is 0 Å². The lowest BCUT2D eigenvalue weighted by Gasteiger charge is -2.14. The molecule has 2 nitrogen and oxygen atoms in total. The van der Waals surface area contributed by atoms with Crippen LogP contribution in [0.25, 0.3) is 0 Å². The zero-order valence-electron chi connectivity index (χ0n) is 9.76. The third kappa shape index (κ3) is 1.89. The molecule has 82 valence electrons. The summed E-state index contributed by atoms with van der Waals surface area (Å²) >= 11 is 6.24. The van der Waals surface area contributed by atoms with Crippen molar-refractivity contribution < 1.29 is 0 Å². The number of hydrogen-bond acceptors (Lipinski definition) is 1. The summed E-state index contributed by atoms with van der Waals surface area (Å²) in [5.74, 6) is 0.401. The molecule has 0 bridgehead atoms. The van der Waals surface area contributed by atoms with E-state index in [1.54, 1.807) is 0 Å². The topological polar surface area (TPSA) is 28.7 Å². The van der Waals surface area contributed by atoms with Gasteiger partial charge in [-0.3, -0.25) is 0 Å². The zero-order valence-corrected chi connectivity index (χ0v) is 10.5. The molecule has 0 aliphatic carbocycles. The average Bonchev–Trinajstić information content (AvgIpc) is 2.48. The van der Waals surface area contributed by atoms with Crippen molar-refractivity contribution in [1.82, 2.24) is 4.57 Å². The third-order valence-electron chi connectivity index (χ3n) is 3.01. The second-order valence-corrected chi connectivity index (χ2v) is 4.20. The Bertz CT molecular complexity index is 399. The van der Waals surface area contributed by atoms with Crippen molar-refractivity contribution in [3.8, 4) is 6.07 Å². The fourth-order valence-electron chi connectivity index (χ4n) is 1.93. The van der Waals surface area contributed by atoms with Crippen LogP contribution >= 0.6 is 11.6 Å². The molecule has 15 heavy (non-hydrogen) atoms. The minimum Gasteiger partial charge on any atom is -0.346 e. The van der Waals surface area contributed by atoms with Gasteiger partial charge in [0.1, 0.15) is 6.07 Å². The lowest BCUT2D eigenvalue weighted by atomic mass is 10.0. The SMILES string of the molecule is CCC(C)c1c(Cl)c(C#N)c(C)n1CC. The largest absolute Gasteiger partial charge is 0.346 e. The molecular weight excluding hydrogens is 208 g/mol. The predicted molar refractivity (Wildman–Crippen MR) is 63.3 cm³/mol. The fraction of sp³-hybridized carbons (Fsp3) is 0.583. The Labute approximate surface area is 96.5 Å². The summed E-state index contributed by atoms with van der Waals surface area (Å²) in [7, 11) is 0. The highest BCUT2D eigenvalue weighted by molar-refractivity contribution is 6.32. The van der Waals surface area contributed by atoms with E-state index in [0.29, 0.717) is 16.5 Å². The first-order valence-corrected chi connectivity index (χ1v) is 5.74. The number of nitrogens with zero attached hydrogens (tertiary/aromatic N) is 2. The fourth-order valence-corrected chi connectivity index (χ4v) is 2.40. The normalized spacial score (nSPS) is 12.5. The molecule has 0 radical (unpaired) electrons. The summed E-state index contributed by atoms with van der Waals surface area (Å²) in [6.45, 7) is 9.19. The molecule has 1 aromatic heterocycles. The van der Waals surface area contributed by atoms with Crippen molar-refractivity contribution in [3.63, 3.8) is 0 Å².